The first-order valence-electron chi connectivity index (χ1n) is 23.8. The number of allylic oxidation sites excluding steroid dienone is 12. The van der Waals surface area contributed by atoms with E-state index < -0.39 is 12.2 Å². The van der Waals surface area contributed by atoms with Gasteiger partial charge in [0, 0.05) is 43.0 Å². The average Bonchev–Trinajstić information content (AvgIpc) is 3.67. The molecule has 0 spiro atoms. The number of aliphatic hydroxyl groups is 2. The summed E-state index contributed by atoms with van der Waals surface area (Å²) in [6, 6.07) is 25.0. The number of benzene rings is 3. The SMILES string of the molecule is CC/C=C\C/C=C\C/C=C\C/C=C\C/C=C\C/C=C\CCC(=O)NCCNC(=O)C[C@H](O)C[C@H](O)CCn1c(-c2ccc(F)cc2)c(-c2ccccc2)c(C(=O)Nc2ccccc2)c1C(C)C. The van der Waals surface area contributed by atoms with Crippen molar-refractivity contribution in [1.82, 2.24) is 15.2 Å². The van der Waals surface area contributed by atoms with Crippen molar-refractivity contribution >= 4 is 23.4 Å². The van der Waals surface area contributed by atoms with Crippen molar-refractivity contribution < 1.29 is 29.0 Å². The monoisotopic (exact) mass is 911 g/mol. The van der Waals surface area contributed by atoms with Gasteiger partial charge in [-0.3, -0.25) is 14.4 Å². The lowest BCUT2D eigenvalue weighted by Crippen LogP contribution is -2.36. The first-order chi connectivity index (χ1) is 32.6. The maximum absolute atomic E-state index is 14.3. The maximum atomic E-state index is 14.3. The molecular formula is C57H71FN4O5. The Kier molecular flexibility index (Phi) is 24.5. The highest BCUT2D eigenvalue weighted by atomic mass is 19.1. The second-order valence-electron chi connectivity index (χ2n) is 16.7. The van der Waals surface area contributed by atoms with Crippen LogP contribution in [0.2, 0.25) is 0 Å². The minimum absolute atomic E-state index is 0.0458. The summed E-state index contributed by atoms with van der Waals surface area (Å²) in [7, 11) is 0. The Bertz CT molecular complexity index is 2270. The molecule has 5 N–H and O–H groups in total. The van der Waals surface area contributed by atoms with Crippen LogP contribution >= 0.6 is 0 Å². The van der Waals surface area contributed by atoms with Crippen LogP contribution in [0.1, 0.15) is 113 Å². The molecule has 0 radical (unpaired) electrons. The molecule has 67 heavy (non-hydrogen) atoms. The van der Waals surface area contributed by atoms with Gasteiger partial charge in [-0.2, -0.15) is 0 Å². The highest BCUT2D eigenvalue weighted by Crippen LogP contribution is 2.42. The van der Waals surface area contributed by atoms with Crippen LogP contribution in [0.3, 0.4) is 0 Å². The number of para-hydroxylation sites is 1. The number of aromatic nitrogens is 1. The van der Waals surface area contributed by atoms with Gasteiger partial charge in [-0.15, -0.1) is 0 Å². The van der Waals surface area contributed by atoms with E-state index >= 15 is 0 Å². The molecule has 0 aliphatic carbocycles. The number of hydrogen-bond donors (Lipinski definition) is 5. The number of carbonyl (C=O) groups is 3. The molecule has 0 aliphatic heterocycles. The second kappa shape index (κ2) is 30.8. The number of anilines is 1. The Labute approximate surface area is 398 Å². The largest absolute Gasteiger partial charge is 0.393 e. The van der Waals surface area contributed by atoms with Crippen LogP contribution in [0.15, 0.2) is 158 Å². The highest BCUT2D eigenvalue weighted by Gasteiger charge is 2.31. The van der Waals surface area contributed by atoms with Crippen LogP contribution in [0, 0.1) is 5.82 Å². The van der Waals surface area contributed by atoms with E-state index in [9.17, 15) is 29.0 Å². The molecule has 0 saturated heterocycles. The number of nitrogens with zero attached hydrogens (tertiary/aromatic N) is 1. The van der Waals surface area contributed by atoms with Gasteiger partial charge >= 0.3 is 0 Å². The van der Waals surface area contributed by atoms with Crippen molar-refractivity contribution in [3.05, 3.63) is 175 Å². The third kappa shape index (κ3) is 19.6. The summed E-state index contributed by atoms with van der Waals surface area (Å²) in [6.07, 6.45) is 30.2. The second-order valence-corrected chi connectivity index (χ2v) is 16.7. The summed E-state index contributed by atoms with van der Waals surface area (Å²) in [5.41, 5.74) is 4.79. The van der Waals surface area contributed by atoms with Gasteiger partial charge in [0.25, 0.3) is 5.91 Å². The van der Waals surface area contributed by atoms with E-state index in [-0.39, 0.29) is 68.4 Å². The first-order valence-corrected chi connectivity index (χ1v) is 23.8. The molecule has 4 aromatic rings. The molecule has 1 aromatic heterocycles. The Morgan fingerprint density at radius 2 is 1.16 bits per heavy atom. The lowest BCUT2D eigenvalue weighted by atomic mass is 9.94. The van der Waals surface area contributed by atoms with Crippen molar-refractivity contribution in [2.75, 3.05) is 18.4 Å². The predicted molar refractivity (Wildman–Crippen MR) is 273 cm³/mol. The summed E-state index contributed by atoms with van der Waals surface area (Å²) in [4.78, 5) is 39.3. The topological polar surface area (TPSA) is 133 Å². The fourth-order valence-electron chi connectivity index (χ4n) is 7.63. The lowest BCUT2D eigenvalue weighted by Gasteiger charge is -2.20. The molecule has 0 aliphatic rings. The summed E-state index contributed by atoms with van der Waals surface area (Å²) < 4.78 is 16.3. The van der Waals surface area contributed by atoms with Gasteiger partial charge in [-0.1, -0.05) is 142 Å². The zero-order chi connectivity index (χ0) is 48.1. The molecule has 3 aromatic carbocycles. The van der Waals surface area contributed by atoms with Gasteiger partial charge in [0.15, 0.2) is 0 Å². The van der Waals surface area contributed by atoms with E-state index in [1.165, 1.54) is 12.1 Å². The Balaban J connectivity index is 1.21. The van der Waals surface area contributed by atoms with E-state index in [0.717, 1.165) is 49.8 Å². The minimum Gasteiger partial charge on any atom is -0.393 e. The number of amides is 3. The van der Waals surface area contributed by atoms with Crippen molar-refractivity contribution in [1.29, 1.82) is 0 Å². The molecule has 3 amide bonds. The van der Waals surface area contributed by atoms with Crippen LogP contribution < -0.4 is 16.0 Å². The number of halogens is 1. The third-order valence-electron chi connectivity index (χ3n) is 10.8. The Morgan fingerprint density at radius 3 is 1.72 bits per heavy atom. The summed E-state index contributed by atoms with van der Waals surface area (Å²) in [5.74, 6) is -1.31. The predicted octanol–water partition coefficient (Wildman–Crippen LogP) is 11.9. The van der Waals surface area contributed by atoms with Crippen LogP contribution in [0.25, 0.3) is 22.4 Å². The van der Waals surface area contributed by atoms with E-state index in [0.29, 0.717) is 40.9 Å². The van der Waals surface area contributed by atoms with Crippen LogP contribution in [0.5, 0.6) is 0 Å². The number of hydrogen-bond acceptors (Lipinski definition) is 5. The third-order valence-corrected chi connectivity index (χ3v) is 10.8. The fraction of sp³-hybridized carbons (Fsp3) is 0.351. The summed E-state index contributed by atoms with van der Waals surface area (Å²) >= 11 is 0. The van der Waals surface area contributed by atoms with Gasteiger partial charge in [0.1, 0.15) is 5.82 Å². The molecule has 356 valence electrons. The van der Waals surface area contributed by atoms with Gasteiger partial charge in [0.2, 0.25) is 11.8 Å². The molecule has 4 rings (SSSR count). The van der Waals surface area contributed by atoms with E-state index in [1.54, 1.807) is 12.1 Å². The quantitative estimate of drug-likeness (QED) is 0.0273. The highest BCUT2D eigenvalue weighted by molar-refractivity contribution is 6.12. The first kappa shape index (κ1) is 53.3. The number of nitrogens with one attached hydrogen (secondary N) is 3. The normalized spacial score (nSPS) is 13.0. The molecule has 0 unspecified atom stereocenters. The zero-order valence-corrected chi connectivity index (χ0v) is 39.6. The zero-order valence-electron chi connectivity index (χ0n) is 39.6. The number of aliphatic hydroxyl groups excluding tert-OH is 2. The molecule has 2 atom stereocenters. The van der Waals surface area contributed by atoms with Crippen molar-refractivity contribution in [2.45, 2.75) is 116 Å². The molecule has 1 heterocycles. The molecule has 0 saturated carbocycles. The van der Waals surface area contributed by atoms with Crippen LogP contribution in [0.4, 0.5) is 10.1 Å². The molecular weight excluding hydrogens is 840 g/mol. The van der Waals surface area contributed by atoms with Gasteiger partial charge < -0.3 is 30.7 Å². The Hall–Kier alpha value is -6.36. The van der Waals surface area contributed by atoms with Gasteiger partial charge in [-0.05, 0) is 111 Å². The van der Waals surface area contributed by atoms with E-state index in [4.69, 9.17) is 0 Å². The summed E-state index contributed by atoms with van der Waals surface area (Å²) in [6.45, 7) is 6.90. The average molecular weight is 911 g/mol. The molecule has 0 bridgehead atoms. The van der Waals surface area contributed by atoms with Gasteiger partial charge in [0.05, 0.1) is 29.9 Å². The molecule has 0 fully saturated rings. The summed E-state index contributed by atoms with van der Waals surface area (Å²) in [5, 5.41) is 30.7. The fourth-order valence-corrected chi connectivity index (χ4v) is 7.63. The van der Waals surface area contributed by atoms with Crippen molar-refractivity contribution in [2.24, 2.45) is 0 Å². The molecule has 9 nitrogen and oxygen atoms in total. The van der Waals surface area contributed by atoms with Crippen LogP contribution in [-0.2, 0) is 16.1 Å². The molecule has 10 heteroatoms. The lowest BCUT2D eigenvalue weighted by molar-refractivity contribution is -0.124. The van der Waals surface area contributed by atoms with E-state index in [2.05, 4.69) is 83.6 Å². The standard InChI is InChI=1S/C57H71FN4O5/c1-4-5-6-7-8-9-10-11-12-13-14-15-16-17-18-19-20-21-28-33-51(65)59-39-40-60-52(66)43-50(64)42-49(63)38-41-62-55(44(2)3)54(57(67)61-48-31-26-23-27-32-48)53(45-29-24-22-25-30-45)56(62)46-34-36-47(58)37-35-46/h5-6,8-9,11-12,14-15,17-18,20-27,29-32,34-37,44,49-50,63-64H,4,7,10,13,16,19,28,33,38-43H2,1-3H3,(H,59,65)(H,60,66)(H,61,67)/b6-5-,9-8-,12-11-,15-14-,18-17-,21-20-/t49-,50-/m1/s1. The van der Waals surface area contributed by atoms with Crippen LogP contribution in [-0.4, -0.2) is 57.8 Å². The smallest absolute Gasteiger partial charge is 0.258 e. The maximum Gasteiger partial charge on any atom is 0.258 e. The number of rotatable bonds is 29. The van der Waals surface area contributed by atoms with Crippen molar-refractivity contribution in [3.8, 4) is 22.4 Å². The minimum atomic E-state index is -1.11. The Morgan fingerprint density at radius 1 is 0.642 bits per heavy atom. The van der Waals surface area contributed by atoms with E-state index in [1.807, 2.05) is 91.2 Å². The van der Waals surface area contributed by atoms with Crippen molar-refractivity contribution in [3.63, 3.8) is 0 Å². The van der Waals surface area contributed by atoms with Gasteiger partial charge in [-0.25, -0.2) is 4.39 Å². The number of carbonyl (C=O) groups excluding carboxylic acids is 3.